The Morgan fingerprint density at radius 1 is 1.54 bits per heavy atom. The molecule has 0 spiro atoms. The topological polar surface area (TPSA) is 50.4 Å². The highest BCUT2D eigenvalue weighted by Gasteiger charge is 2.14. The molecule has 4 nitrogen and oxygen atoms in total. The molecule has 76 valence electrons. The lowest BCUT2D eigenvalue weighted by molar-refractivity contribution is -0.118. The van der Waals surface area contributed by atoms with Crippen molar-refractivity contribution in [3.63, 3.8) is 0 Å². The van der Waals surface area contributed by atoms with Gasteiger partial charge in [-0.15, -0.1) is 0 Å². The van der Waals surface area contributed by atoms with E-state index in [-0.39, 0.29) is 5.91 Å². The second kappa shape index (κ2) is 5.94. The van der Waals surface area contributed by atoms with Crippen LogP contribution in [0.5, 0.6) is 0 Å². The maximum atomic E-state index is 10.5. The average Bonchev–Trinajstić information content (AvgIpc) is 2.55. The van der Waals surface area contributed by atoms with Gasteiger partial charge in [0.25, 0.3) is 0 Å². The Labute approximate surface area is 79.0 Å². The number of rotatable bonds is 5. The molecule has 0 radical (unpaired) electrons. The van der Waals surface area contributed by atoms with Gasteiger partial charge in [0.2, 0.25) is 5.91 Å². The van der Waals surface area contributed by atoms with Gasteiger partial charge < -0.3 is 15.4 Å². The maximum Gasteiger partial charge on any atom is 0.216 e. The number of ether oxygens (including phenoxy) is 1. The fraction of sp³-hybridized carbons (Fsp3) is 0.889. The minimum atomic E-state index is 0.0333. The number of carbonyl (C=O) groups is 1. The predicted molar refractivity (Wildman–Crippen MR) is 50.5 cm³/mol. The molecule has 0 bridgehead atoms. The zero-order chi connectivity index (χ0) is 9.52. The van der Waals surface area contributed by atoms with Crippen molar-refractivity contribution >= 4 is 5.91 Å². The third-order valence-electron chi connectivity index (χ3n) is 2.13. The molecule has 0 aromatic carbocycles. The van der Waals surface area contributed by atoms with Crippen LogP contribution < -0.4 is 10.6 Å². The summed E-state index contributed by atoms with van der Waals surface area (Å²) in [6.07, 6.45) is 1.16. The molecule has 1 saturated heterocycles. The summed E-state index contributed by atoms with van der Waals surface area (Å²) in [5.41, 5.74) is 0. The van der Waals surface area contributed by atoms with Gasteiger partial charge in [-0.05, 0) is 12.3 Å². The van der Waals surface area contributed by atoms with Crippen molar-refractivity contribution in [3.05, 3.63) is 0 Å². The van der Waals surface area contributed by atoms with Crippen LogP contribution in [0, 0.1) is 5.92 Å². The van der Waals surface area contributed by atoms with E-state index in [4.69, 9.17) is 4.74 Å². The number of hydrogen-bond acceptors (Lipinski definition) is 3. The van der Waals surface area contributed by atoms with E-state index in [1.54, 1.807) is 0 Å². The molecule has 1 fully saturated rings. The lowest BCUT2D eigenvalue weighted by Crippen LogP contribution is -2.32. The molecule has 2 N–H and O–H groups in total. The summed E-state index contributed by atoms with van der Waals surface area (Å²) in [7, 11) is 0. The predicted octanol–water partition coefficient (Wildman–Crippen LogP) is -0.251. The van der Waals surface area contributed by atoms with Crippen molar-refractivity contribution in [2.24, 2.45) is 5.92 Å². The minimum absolute atomic E-state index is 0.0333. The fourth-order valence-electron chi connectivity index (χ4n) is 1.38. The van der Waals surface area contributed by atoms with E-state index in [2.05, 4.69) is 10.6 Å². The Morgan fingerprint density at radius 3 is 3.00 bits per heavy atom. The first-order valence-electron chi connectivity index (χ1n) is 4.82. The van der Waals surface area contributed by atoms with Crippen LogP contribution in [0.2, 0.25) is 0 Å². The molecule has 0 aliphatic carbocycles. The summed E-state index contributed by atoms with van der Waals surface area (Å²) in [6.45, 7) is 5.87. The van der Waals surface area contributed by atoms with Gasteiger partial charge in [0, 0.05) is 33.2 Å². The van der Waals surface area contributed by atoms with Gasteiger partial charge in [0.05, 0.1) is 6.61 Å². The van der Waals surface area contributed by atoms with Crippen LogP contribution in [-0.4, -0.2) is 38.8 Å². The second-order valence-corrected chi connectivity index (χ2v) is 3.42. The number of nitrogens with one attached hydrogen (secondary N) is 2. The van der Waals surface area contributed by atoms with Crippen LogP contribution in [0.4, 0.5) is 0 Å². The molecule has 1 heterocycles. The van der Waals surface area contributed by atoms with E-state index in [0.717, 1.165) is 32.7 Å². The van der Waals surface area contributed by atoms with Gasteiger partial charge in [-0.25, -0.2) is 0 Å². The Kier molecular flexibility index (Phi) is 4.78. The van der Waals surface area contributed by atoms with Gasteiger partial charge in [-0.2, -0.15) is 0 Å². The van der Waals surface area contributed by atoms with Gasteiger partial charge in [-0.3, -0.25) is 4.79 Å². The third kappa shape index (κ3) is 4.85. The highest BCUT2D eigenvalue weighted by molar-refractivity contribution is 5.72. The monoisotopic (exact) mass is 186 g/mol. The van der Waals surface area contributed by atoms with Crippen molar-refractivity contribution in [2.45, 2.75) is 13.3 Å². The molecule has 1 atom stereocenters. The Bertz CT molecular complexity index is 156. The van der Waals surface area contributed by atoms with Crippen LogP contribution in [0.1, 0.15) is 13.3 Å². The first kappa shape index (κ1) is 10.5. The molecule has 1 unspecified atom stereocenters. The van der Waals surface area contributed by atoms with Gasteiger partial charge in [0.1, 0.15) is 0 Å². The molecule has 1 aliphatic heterocycles. The molecule has 13 heavy (non-hydrogen) atoms. The average molecular weight is 186 g/mol. The normalized spacial score (nSPS) is 21.8. The number of carbonyl (C=O) groups excluding carboxylic acids is 1. The number of amides is 1. The first-order chi connectivity index (χ1) is 6.29. The standard InChI is InChI=1S/C9H18N2O2/c1-8(12)11-4-3-10-6-9-2-5-13-7-9/h9-10H,2-7H2,1H3,(H,11,12). The Balaban J connectivity index is 1.86. The van der Waals surface area contributed by atoms with E-state index < -0.39 is 0 Å². The van der Waals surface area contributed by atoms with E-state index in [0.29, 0.717) is 12.5 Å². The molecule has 0 aromatic rings. The van der Waals surface area contributed by atoms with Crippen molar-refractivity contribution in [3.8, 4) is 0 Å². The first-order valence-corrected chi connectivity index (χ1v) is 4.82. The van der Waals surface area contributed by atoms with Crippen LogP contribution in [0.3, 0.4) is 0 Å². The molecular weight excluding hydrogens is 168 g/mol. The smallest absolute Gasteiger partial charge is 0.216 e. The lowest BCUT2D eigenvalue weighted by atomic mass is 10.1. The minimum Gasteiger partial charge on any atom is -0.381 e. The van der Waals surface area contributed by atoms with E-state index >= 15 is 0 Å². The van der Waals surface area contributed by atoms with Crippen LogP contribution in [-0.2, 0) is 9.53 Å². The van der Waals surface area contributed by atoms with Crippen molar-refractivity contribution < 1.29 is 9.53 Å². The zero-order valence-electron chi connectivity index (χ0n) is 8.14. The van der Waals surface area contributed by atoms with Crippen LogP contribution >= 0.6 is 0 Å². The molecular formula is C9H18N2O2. The summed E-state index contributed by atoms with van der Waals surface area (Å²) >= 11 is 0. The lowest BCUT2D eigenvalue weighted by Gasteiger charge is -2.08. The van der Waals surface area contributed by atoms with Crippen LogP contribution in [0.15, 0.2) is 0 Å². The summed E-state index contributed by atoms with van der Waals surface area (Å²) in [5.74, 6) is 0.698. The van der Waals surface area contributed by atoms with Crippen LogP contribution in [0.25, 0.3) is 0 Å². The Morgan fingerprint density at radius 2 is 2.38 bits per heavy atom. The second-order valence-electron chi connectivity index (χ2n) is 3.42. The summed E-state index contributed by atoms with van der Waals surface area (Å²) in [6, 6.07) is 0. The maximum absolute atomic E-state index is 10.5. The van der Waals surface area contributed by atoms with Crippen molar-refractivity contribution in [2.75, 3.05) is 32.8 Å². The van der Waals surface area contributed by atoms with E-state index in [9.17, 15) is 4.79 Å². The number of hydrogen-bond donors (Lipinski definition) is 2. The fourth-order valence-corrected chi connectivity index (χ4v) is 1.38. The van der Waals surface area contributed by atoms with E-state index in [1.807, 2.05) is 0 Å². The third-order valence-corrected chi connectivity index (χ3v) is 2.13. The quantitative estimate of drug-likeness (QED) is 0.582. The Hall–Kier alpha value is -0.610. The summed E-state index contributed by atoms with van der Waals surface area (Å²) in [4.78, 5) is 10.5. The van der Waals surface area contributed by atoms with Crippen molar-refractivity contribution in [1.82, 2.24) is 10.6 Å². The van der Waals surface area contributed by atoms with E-state index in [1.165, 1.54) is 6.92 Å². The van der Waals surface area contributed by atoms with Gasteiger partial charge >= 0.3 is 0 Å². The van der Waals surface area contributed by atoms with Gasteiger partial charge in [-0.1, -0.05) is 0 Å². The highest BCUT2D eigenvalue weighted by atomic mass is 16.5. The summed E-state index contributed by atoms with van der Waals surface area (Å²) in [5, 5.41) is 6.03. The molecule has 0 aromatic heterocycles. The zero-order valence-corrected chi connectivity index (χ0v) is 8.14. The molecule has 1 amide bonds. The SMILES string of the molecule is CC(=O)NCCNCC1CCOC1. The largest absolute Gasteiger partial charge is 0.381 e. The molecule has 1 rings (SSSR count). The highest BCUT2D eigenvalue weighted by Crippen LogP contribution is 2.09. The molecule has 4 heteroatoms. The van der Waals surface area contributed by atoms with Gasteiger partial charge in [0.15, 0.2) is 0 Å². The summed E-state index contributed by atoms with van der Waals surface area (Å²) < 4.78 is 5.24. The molecule has 1 aliphatic rings. The van der Waals surface area contributed by atoms with Crippen molar-refractivity contribution in [1.29, 1.82) is 0 Å². The molecule has 0 saturated carbocycles.